The van der Waals surface area contributed by atoms with Gasteiger partial charge in [-0.25, -0.2) is 0 Å². The predicted molar refractivity (Wildman–Crippen MR) is 61.3 cm³/mol. The molecule has 0 aromatic heterocycles. The van der Waals surface area contributed by atoms with Gasteiger partial charge in [0.05, 0.1) is 0 Å². The van der Waals surface area contributed by atoms with Gasteiger partial charge in [0, 0.05) is 6.04 Å². The van der Waals surface area contributed by atoms with Crippen molar-refractivity contribution in [1.82, 2.24) is 5.32 Å². The molecule has 2 saturated carbocycles. The van der Waals surface area contributed by atoms with Crippen LogP contribution in [0.1, 0.15) is 52.9 Å². The molecule has 1 nitrogen and oxygen atoms in total. The summed E-state index contributed by atoms with van der Waals surface area (Å²) in [6, 6.07) is 0.820. The van der Waals surface area contributed by atoms with Gasteiger partial charge >= 0.3 is 0 Å². The summed E-state index contributed by atoms with van der Waals surface area (Å²) < 4.78 is 0. The van der Waals surface area contributed by atoms with Crippen LogP contribution in [0.2, 0.25) is 0 Å². The van der Waals surface area contributed by atoms with Gasteiger partial charge in [0.1, 0.15) is 0 Å². The Hall–Kier alpha value is -0.0400. The van der Waals surface area contributed by atoms with Crippen LogP contribution in [-0.4, -0.2) is 12.6 Å². The maximum atomic E-state index is 3.70. The van der Waals surface area contributed by atoms with Gasteiger partial charge < -0.3 is 5.32 Å². The van der Waals surface area contributed by atoms with Crippen LogP contribution in [0.15, 0.2) is 0 Å². The van der Waals surface area contributed by atoms with E-state index in [1.807, 2.05) is 0 Å². The first-order valence-electron chi connectivity index (χ1n) is 6.37. The molecule has 2 atom stereocenters. The molecule has 1 N–H and O–H groups in total. The molecule has 0 bridgehead atoms. The van der Waals surface area contributed by atoms with E-state index in [-0.39, 0.29) is 0 Å². The van der Waals surface area contributed by atoms with E-state index >= 15 is 0 Å². The van der Waals surface area contributed by atoms with Crippen LogP contribution < -0.4 is 5.32 Å². The quantitative estimate of drug-likeness (QED) is 0.710. The highest BCUT2D eigenvalue weighted by atomic mass is 14.9. The fourth-order valence-corrected chi connectivity index (χ4v) is 2.93. The van der Waals surface area contributed by atoms with E-state index in [2.05, 4.69) is 26.1 Å². The normalized spacial score (nSPS) is 32.4. The Balaban J connectivity index is 1.81. The summed E-state index contributed by atoms with van der Waals surface area (Å²) >= 11 is 0. The average molecular weight is 195 g/mol. The summed E-state index contributed by atoms with van der Waals surface area (Å²) in [5, 5.41) is 3.70. The minimum atomic E-state index is 0.635. The van der Waals surface area contributed by atoms with E-state index in [1.165, 1.54) is 32.1 Å². The molecule has 2 rings (SSSR count). The van der Waals surface area contributed by atoms with Gasteiger partial charge in [-0.3, -0.25) is 0 Å². The lowest BCUT2D eigenvalue weighted by atomic mass is 9.79. The fourth-order valence-electron chi connectivity index (χ4n) is 2.93. The molecule has 0 saturated heterocycles. The largest absolute Gasteiger partial charge is 0.314 e. The van der Waals surface area contributed by atoms with Gasteiger partial charge in [0.15, 0.2) is 0 Å². The van der Waals surface area contributed by atoms with Gasteiger partial charge in [-0.15, -0.1) is 0 Å². The van der Waals surface area contributed by atoms with E-state index in [0.717, 1.165) is 24.4 Å². The monoisotopic (exact) mass is 195 g/mol. The lowest BCUT2D eigenvalue weighted by Gasteiger charge is -2.31. The molecule has 1 heteroatoms. The summed E-state index contributed by atoms with van der Waals surface area (Å²) in [5.74, 6) is 2.01. The fraction of sp³-hybridized carbons (Fsp3) is 1.00. The Bertz CT molecular complexity index is 193. The third kappa shape index (κ3) is 2.13. The van der Waals surface area contributed by atoms with Crippen LogP contribution in [0.3, 0.4) is 0 Å². The molecule has 0 amide bonds. The maximum Gasteiger partial charge on any atom is 0.0103 e. The molecule has 0 radical (unpaired) electrons. The van der Waals surface area contributed by atoms with Crippen molar-refractivity contribution in [3.63, 3.8) is 0 Å². The molecule has 0 spiro atoms. The van der Waals surface area contributed by atoms with Crippen LogP contribution in [-0.2, 0) is 0 Å². The maximum absolute atomic E-state index is 3.70. The Morgan fingerprint density at radius 3 is 2.36 bits per heavy atom. The van der Waals surface area contributed by atoms with Crippen molar-refractivity contribution in [1.29, 1.82) is 0 Å². The van der Waals surface area contributed by atoms with Gasteiger partial charge in [0.25, 0.3) is 0 Å². The lowest BCUT2D eigenvalue weighted by molar-refractivity contribution is 0.240. The third-order valence-corrected chi connectivity index (χ3v) is 4.35. The van der Waals surface area contributed by atoms with Gasteiger partial charge in [-0.05, 0) is 36.6 Å². The van der Waals surface area contributed by atoms with Crippen LogP contribution in [0, 0.1) is 17.3 Å². The molecule has 2 unspecified atom stereocenters. The van der Waals surface area contributed by atoms with Crippen molar-refractivity contribution in [3.05, 3.63) is 0 Å². The molecule has 0 aromatic rings. The predicted octanol–water partition coefficient (Wildman–Crippen LogP) is 3.20. The number of nitrogens with one attached hydrogen (secondary N) is 1. The van der Waals surface area contributed by atoms with Gasteiger partial charge in [0.2, 0.25) is 0 Å². The topological polar surface area (TPSA) is 12.0 Å². The van der Waals surface area contributed by atoms with E-state index in [4.69, 9.17) is 0 Å². The Labute approximate surface area is 88.7 Å². The van der Waals surface area contributed by atoms with Crippen LogP contribution >= 0.6 is 0 Å². The SMILES string of the molecule is CCNC(CC1CCC1)C1CC1(C)C. The molecule has 0 aliphatic heterocycles. The number of hydrogen-bond acceptors (Lipinski definition) is 1. The molecule has 2 aliphatic rings. The number of hydrogen-bond donors (Lipinski definition) is 1. The summed E-state index contributed by atoms with van der Waals surface area (Å²) in [4.78, 5) is 0. The van der Waals surface area contributed by atoms with Crippen molar-refractivity contribution < 1.29 is 0 Å². The standard InChI is InChI=1S/C13H25N/c1-4-14-12(8-10-6-5-7-10)11-9-13(11,2)3/h10-12,14H,4-9H2,1-3H3. The molecule has 82 valence electrons. The summed E-state index contributed by atoms with van der Waals surface area (Å²) in [6.07, 6.45) is 7.36. The highest BCUT2D eigenvalue weighted by Crippen LogP contribution is 2.55. The summed E-state index contributed by atoms with van der Waals surface area (Å²) in [5.41, 5.74) is 0.635. The lowest BCUT2D eigenvalue weighted by Crippen LogP contribution is -2.35. The molecule has 0 aromatic carbocycles. The highest BCUT2D eigenvalue weighted by molar-refractivity contribution is 5.02. The zero-order valence-electron chi connectivity index (χ0n) is 9.97. The van der Waals surface area contributed by atoms with Crippen molar-refractivity contribution >= 4 is 0 Å². The molecular weight excluding hydrogens is 170 g/mol. The average Bonchev–Trinajstić information content (AvgIpc) is 2.65. The second-order valence-electron chi connectivity index (χ2n) is 6.00. The zero-order chi connectivity index (χ0) is 10.2. The first-order chi connectivity index (χ1) is 6.63. The molecule has 0 heterocycles. The van der Waals surface area contributed by atoms with E-state index in [0.29, 0.717) is 5.41 Å². The molecule has 2 aliphatic carbocycles. The summed E-state index contributed by atoms with van der Waals surface area (Å²) in [7, 11) is 0. The van der Waals surface area contributed by atoms with Crippen LogP contribution in [0.5, 0.6) is 0 Å². The minimum absolute atomic E-state index is 0.635. The van der Waals surface area contributed by atoms with E-state index in [1.54, 1.807) is 0 Å². The van der Waals surface area contributed by atoms with E-state index in [9.17, 15) is 0 Å². The van der Waals surface area contributed by atoms with Crippen molar-refractivity contribution in [2.45, 2.75) is 58.9 Å². The van der Waals surface area contributed by atoms with Gasteiger partial charge in [-0.2, -0.15) is 0 Å². The Morgan fingerprint density at radius 2 is 2.00 bits per heavy atom. The zero-order valence-corrected chi connectivity index (χ0v) is 9.97. The Kier molecular flexibility index (Phi) is 2.88. The van der Waals surface area contributed by atoms with Crippen molar-refractivity contribution in [3.8, 4) is 0 Å². The Morgan fingerprint density at radius 1 is 1.36 bits per heavy atom. The second kappa shape index (κ2) is 3.84. The minimum Gasteiger partial charge on any atom is -0.314 e. The smallest absolute Gasteiger partial charge is 0.0103 e. The van der Waals surface area contributed by atoms with Crippen molar-refractivity contribution in [2.24, 2.45) is 17.3 Å². The third-order valence-electron chi connectivity index (χ3n) is 4.35. The van der Waals surface area contributed by atoms with Crippen molar-refractivity contribution in [2.75, 3.05) is 6.54 Å². The number of rotatable bonds is 5. The van der Waals surface area contributed by atoms with Gasteiger partial charge in [-0.1, -0.05) is 40.0 Å². The van der Waals surface area contributed by atoms with Crippen LogP contribution in [0.4, 0.5) is 0 Å². The first kappa shape index (κ1) is 10.5. The molecular formula is C13H25N. The van der Waals surface area contributed by atoms with E-state index < -0.39 is 0 Å². The molecule has 14 heavy (non-hydrogen) atoms. The first-order valence-corrected chi connectivity index (χ1v) is 6.37. The summed E-state index contributed by atoms with van der Waals surface area (Å²) in [6.45, 7) is 8.22. The van der Waals surface area contributed by atoms with Crippen LogP contribution in [0.25, 0.3) is 0 Å². The highest BCUT2D eigenvalue weighted by Gasteiger charge is 2.50. The molecule has 2 fully saturated rings. The second-order valence-corrected chi connectivity index (χ2v) is 6.00.